The van der Waals surface area contributed by atoms with Crippen molar-refractivity contribution in [2.75, 3.05) is 0 Å². The summed E-state index contributed by atoms with van der Waals surface area (Å²) in [6.07, 6.45) is -3.28. The van der Waals surface area contributed by atoms with E-state index in [9.17, 15) is 17.6 Å². The first-order chi connectivity index (χ1) is 9.83. The number of nitrogens with zero attached hydrogens (tertiary/aromatic N) is 1. The summed E-state index contributed by atoms with van der Waals surface area (Å²) in [5.74, 6) is -0.751. The normalized spacial score (nSPS) is 13.0. The number of hydrogen-bond acceptors (Lipinski definition) is 3. The Balaban J connectivity index is 2.01. The van der Waals surface area contributed by atoms with E-state index in [1.165, 1.54) is 36.4 Å². The van der Waals surface area contributed by atoms with Gasteiger partial charge in [0.1, 0.15) is 11.6 Å². The Morgan fingerprint density at radius 3 is 2.29 bits per heavy atom. The molecule has 0 aliphatic heterocycles. The molecule has 0 radical (unpaired) electrons. The van der Waals surface area contributed by atoms with Crippen molar-refractivity contribution in [2.24, 2.45) is 5.73 Å². The van der Waals surface area contributed by atoms with E-state index >= 15 is 0 Å². The van der Waals surface area contributed by atoms with Crippen LogP contribution >= 0.6 is 0 Å². The monoisotopic (exact) mass is 300 g/mol. The van der Waals surface area contributed by atoms with Gasteiger partial charge in [-0.3, -0.25) is 4.98 Å². The van der Waals surface area contributed by atoms with Gasteiger partial charge in [-0.05, 0) is 36.2 Å². The summed E-state index contributed by atoms with van der Waals surface area (Å²) in [6, 6.07) is 7.67. The van der Waals surface area contributed by atoms with E-state index < -0.39 is 18.2 Å². The molecule has 0 saturated carbocycles. The third-order valence-corrected chi connectivity index (χ3v) is 2.74. The van der Waals surface area contributed by atoms with Gasteiger partial charge >= 0.3 is 6.36 Å². The van der Waals surface area contributed by atoms with Crippen LogP contribution in [0.1, 0.15) is 17.3 Å². The molecule has 1 aromatic heterocycles. The summed E-state index contributed by atoms with van der Waals surface area (Å²) in [7, 11) is 0. The van der Waals surface area contributed by atoms with Crippen molar-refractivity contribution in [2.45, 2.75) is 18.8 Å². The van der Waals surface area contributed by atoms with Crippen molar-refractivity contribution in [3.05, 3.63) is 59.7 Å². The number of hydrogen-bond donors (Lipinski definition) is 1. The number of aromatic nitrogens is 1. The summed E-state index contributed by atoms with van der Waals surface area (Å²) in [5, 5.41) is 0. The number of pyridine rings is 1. The third-order valence-electron chi connectivity index (χ3n) is 2.74. The van der Waals surface area contributed by atoms with Gasteiger partial charge in [-0.1, -0.05) is 12.1 Å². The lowest BCUT2D eigenvalue weighted by atomic mass is 10.0. The molecule has 0 aliphatic carbocycles. The van der Waals surface area contributed by atoms with Crippen LogP contribution in [0.25, 0.3) is 0 Å². The molecule has 1 atom stereocenters. The standard InChI is InChI=1S/C14H12F4N2O/c15-10-3-6-13(20-8-10)12(19)7-9-1-4-11(5-2-9)21-14(16,17)18/h1-6,8,12H,7,19H2. The lowest BCUT2D eigenvalue weighted by Gasteiger charge is -2.12. The van der Waals surface area contributed by atoms with E-state index in [1.807, 2.05) is 0 Å². The molecule has 0 saturated heterocycles. The first kappa shape index (κ1) is 15.2. The van der Waals surface area contributed by atoms with Crippen LogP contribution < -0.4 is 10.5 Å². The van der Waals surface area contributed by atoms with Crippen LogP contribution in [0.4, 0.5) is 17.6 Å². The van der Waals surface area contributed by atoms with Crippen LogP contribution in [-0.2, 0) is 6.42 Å². The van der Waals surface area contributed by atoms with Gasteiger partial charge in [0, 0.05) is 0 Å². The summed E-state index contributed by atoms with van der Waals surface area (Å²) < 4.78 is 52.6. The molecule has 7 heteroatoms. The lowest BCUT2D eigenvalue weighted by Crippen LogP contribution is -2.17. The fourth-order valence-corrected chi connectivity index (χ4v) is 1.79. The highest BCUT2D eigenvalue weighted by molar-refractivity contribution is 5.28. The first-order valence-corrected chi connectivity index (χ1v) is 6.05. The van der Waals surface area contributed by atoms with E-state index in [1.54, 1.807) is 0 Å². The van der Waals surface area contributed by atoms with Crippen molar-refractivity contribution < 1.29 is 22.3 Å². The highest BCUT2D eigenvalue weighted by Gasteiger charge is 2.30. The SMILES string of the molecule is NC(Cc1ccc(OC(F)(F)F)cc1)c1ccc(F)cn1. The zero-order valence-electron chi connectivity index (χ0n) is 10.8. The van der Waals surface area contributed by atoms with Gasteiger partial charge in [0.15, 0.2) is 0 Å². The number of benzene rings is 1. The Kier molecular flexibility index (Phi) is 4.42. The molecule has 2 N–H and O–H groups in total. The van der Waals surface area contributed by atoms with Gasteiger partial charge in [-0.2, -0.15) is 0 Å². The molecule has 3 nitrogen and oxygen atoms in total. The number of halogens is 4. The van der Waals surface area contributed by atoms with Crippen molar-refractivity contribution in [3.63, 3.8) is 0 Å². The maximum Gasteiger partial charge on any atom is 0.573 e. The van der Waals surface area contributed by atoms with Crippen LogP contribution in [0.2, 0.25) is 0 Å². The molecule has 2 rings (SSSR count). The van der Waals surface area contributed by atoms with E-state index in [0.717, 1.165) is 11.8 Å². The zero-order valence-corrected chi connectivity index (χ0v) is 10.8. The molecule has 21 heavy (non-hydrogen) atoms. The second-order valence-electron chi connectivity index (χ2n) is 4.40. The molecular weight excluding hydrogens is 288 g/mol. The second kappa shape index (κ2) is 6.09. The zero-order chi connectivity index (χ0) is 15.5. The van der Waals surface area contributed by atoms with Crippen LogP contribution in [0.15, 0.2) is 42.6 Å². The largest absolute Gasteiger partial charge is 0.573 e. The summed E-state index contributed by atoms with van der Waals surface area (Å²) in [4.78, 5) is 3.87. The fourth-order valence-electron chi connectivity index (χ4n) is 1.79. The molecule has 0 amide bonds. The van der Waals surface area contributed by atoms with Gasteiger partial charge in [0.2, 0.25) is 0 Å². The molecule has 2 aromatic rings. The van der Waals surface area contributed by atoms with Crippen molar-refractivity contribution in [3.8, 4) is 5.75 Å². The minimum Gasteiger partial charge on any atom is -0.406 e. The number of alkyl halides is 3. The van der Waals surface area contributed by atoms with Crippen LogP contribution in [0, 0.1) is 5.82 Å². The molecule has 0 aliphatic rings. The average Bonchev–Trinajstić information content (AvgIpc) is 2.40. The molecule has 0 bridgehead atoms. The third kappa shape index (κ3) is 4.71. The molecular formula is C14H12F4N2O. The van der Waals surface area contributed by atoms with Gasteiger partial charge in [-0.15, -0.1) is 13.2 Å². The Hall–Kier alpha value is -2.15. The smallest absolute Gasteiger partial charge is 0.406 e. The molecule has 0 fully saturated rings. The van der Waals surface area contributed by atoms with Crippen LogP contribution in [0.3, 0.4) is 0 Å². The van der Waals surface area contributed by atoms with Gasteiger partial charge in [0.05, 0.1) is 17.9 Å². The first-order valence-electron chi connectivity index (χ1n) is 6.05. The minimum absolute atomic E-state index is 0.292. The highest BCUT2D eigenvalue weighted by atomic mass is 19.4. The predicted octanol–water partition coefficient (Wildman–Crippen LogP) is 3.36. The topological polar surface area (TPSA) is 48.1 Å². The number of nitrogens with two attached hydrogens (primary N) is 1. The molecule has 112 valence electrons. The minimum atomic E-state index is -4.71. The Morgan fingerprint density at radius 2 is 1.76 bits per heavy atom. The number of rotatable bonds is 4. The summed E-state index contributed by atoms with van der Waals surface area (Å²) >= 11 is 0. The van der Waals surface area contributed by atoms with Crippen LogP contribution in [-0.4, -0.2) is 11.3 Å². The molecule has 1 aromatic carbocycles. The molecule has 1 unspecified atom stereocenters. The number of ether oxygens (including phenoxy) is 1. The van der Waals surface area contributed by atoms with Gasteiger partial charge < -0.3 is 10.5 Å². The average molecular weight is 300 g/mol. The van der Waals surface area contributed by atoms with Crippen molar-refractivity contribution in [1.29, 1.82) is 0 Å². The lowest BCUT2D eigenvalue weighted by molar-refractivity contribution is -0.274. The molecule has 1 heterocycles. The Bertz CT molecular complexity index is 581. The summed E-state index contributed by atoms with van der Waals surface area (Å²) in [5.41, 5.74) is 7.15. The quantitative estimate of drug-likeness (QED) is 0.881. The maximum absolute atomic E-state index is 12.7. The van der Waals surface area contributed by atoms with Gasteiger partial charge in [-0.25, -0.2) is 4.39 Å². The van der Waals surface area contributed by atoms with Gasteiger partial charge in [0.25, 0.3) is 0 Å². The van der Waals surface area contributed by atoms with Crippen molar-refractivity contribution >= 4 is 0 Å². The van der Waals surface area contributed by atoms with E-state index in [-0.39, 0.29) is 5.75 Å². The second-order valence-corrected chi connectivity index (χ2v) is 4.40. The fraction of sp³-hybridized carbons (Fsp3) is 0.214. The van der Waals surface area contributed by atoms with Crippen molar-refractivity contribution in [1.82, 2.24) is 4.98 Å². The van der Waals surface area contributed by atoms with Crippen LogP contribution in [0.5, 0.6) is 5.75 Å². The van der Waals surface area contributed by atoms with E-state index in [2.05, 4.69) is 9.72 Å². The highest BCUT2D eigenvalue weighted by Crippen LogP contribution is 2.23. The predicted molar refractivity (Wildman–Crippen MR) is 68.0 cm³/mol. The summed E-state index contributed by atoms with van der Waals surface area (Å²) in [6.45, 7) is 0. The Morgan fingerprint density at radius 1 is 1.10 bits per heavy atom. The Labute approximate surface area is 118 Å². The van der Waals surface area contributed by atoms with E-state index in [4.69, 9.17) is 5.73 Å². The maximum atomic E-state index is 12.7. The van der Waals surface area contributed by atoms with E-state index in [0.29, 0.717) is 12.1 Å². The molecule has 0 spiro atoms.